The summed E-state index contributed by atoms with van der Waals surface area (Å²) < 4.78 is 1.84. The highest BCUT2D eigenvalue weighted by molar-refractivity contribution is 5.77. The SMILES string of the molecule is CC(C)CCNC(=O)CNCCn1cccn1. The number of rotatable bonds is 8. The fourth-order valence-electron chi connectivity index (χ4n) is 1.39. The fraction of sp³-hybridized carbons (Fsp3) is 0.667. The average molecular weight is 238 g/mol. The van der Waals surface area contributed by atoms with Crippen LogP contribution < -0.4 is 10.6 Å². The molecule has 0 bridgehead atoms. The molecule has 0 atom stereocenters. The van der Waals surface area contributed by atoms with Gasteiger partial charge in [-0.25, -0.2) is 0 Å². The number of carbonyl (C=O) groups is 1. The molecule has 2 N–H and O–H groups in total. The summed E-state index contributed by atoms with van der Waals surface area (Å²) in [6, 6.07) is 1.89. The largest absolute Gasteiger partial charge is 0.355 e. The van der Waals surface area contributed by atoms with Crippen LogP contribution in [0.25, 0.3) is 0 Å². The van der Waals surface area contributed by atoms with E-state index in [2.05, 4.69) is 29.6 Å². The predicted octanol–water partition coefficient (Wildman–Crippen LogP) is 0.635. The van der Waals surface area contributed by atoms with Gasteiger partial charge in [-0.2, -0.15) is 5.10 Å². The summed E-state index contributed by atoms with van der Waals surface area (Å²) in [6.07, 6.45) is 4.68. The highest BCUT2D eigenvalue weighted by Gasteiger charge is 2.00. The molecule has 0 aliphatic heterocycles. The molecule has 0 spiro atoms. The molecule has 0 radical (unpaired) electrons. The maximum atomic E-state index is 11.4. The Morgan fingerprint density at radius 2 is 2.24 bits per heavy atom. The Morgan fingerprint density at radius 1 is 1.41 bits per heavy atom. The van der Waals surface area contributed by atoms with Gasteiger partial charge in [0.2, 0.25) is 5.91 Å². The molecule has 5 nitrogen and oxygen atoms in total. The second-order valence-corrected chi connectivity index (χ2v) is 4.48. The van der Waals surface area contributed by atoms with Crippen LogP contribution in [-0.4, -0.2) is 35.3 Å². The predicted molar refractivity (Wildman–Crippen MR) is 67.6 cm³/mol. The first-order valence-electron chi connectivity index (χ1n) is 6.13. The van der Waals surface area contributed by atoms with Crippen molar-refractivity contribution >= 4 is 5.91 Å². The van der Waals surface area contributed by atoms with Crippen molar-refractivity contribution in [3.05, 3.63) is 18.5 Å². The van der Waals surface area contributed by atoms with Crippen molar-refractivity contribution in [2.75, 3.05) is 19.6 Å². The first kappa shape index (κ1) is 13.7. The zero-order chi connectivity index (χ0) is 12.5. The van der Waals surface area contributed by atoms with Crippen LogP contribution in [0.5, 0.6) is 0 Å². The van der Waals surface area contributed by atoms with Gasteiger partial charge >= 0.3 is 0 Å². The van der Waals surface area contributed by atoms with Gasteiger partial charge in [-0.15, -0.1) is 0 Å². The summed E-state index contributed by atoms with van der Waals surface area (Å²) >= 11 is 0. The molecule has 5 heteroatoms. The van der Waals surface area contributed by atoms with Crippen molar-refractivity contribution in [1.29, 1.82) is 0 Å². The first-order chi connectivity index (χ1) is 8.18. The molecular weight excluding hydrogens is 216 g/mol. The third kappa shape index (κ3) is 6.73. The fourth-order valence-corrected chi connectivity index (χ4v) is 1.39. The zero-order valence-corrected chi connectivity index (χ0v) is 10.6. The monoisotopic (exact) mass is 238 g/mol. The van der Waals surface area contributed by atoms with E-state index in [0.29, 0.717) is 12.5 Å². The van der Waals surface area contributed by atoms with Gasteiger partial charge in [0.05, 0.1) is 13.1 Å². The van der Waals surface area contributed by atoms with E-state index in [0.717, 1.165) is 26.1 Å². The van der Waals surface area contributed by atoms with Gasteiger partial charge in [0, 0.05) is 25.5 Å². The summed E-state index contributed by atoms with van der Waals surface area (Å²) in [5.74, 6) is 0.689. The van der Waals surface area contributed by atoms with Crippen LogP contribution in [0.3, 0.4) is 0 Å². The summed E-state index contributed by atoms with van der Waals surface area (Å²) in [5.41, 5.74) is 0. The van der Waals surface area contributed by atoms with Crippen LogP contribution in [0.1, 0.15) is 20.3 Å². The van der Waals surface area contributed by atoms with Gasteiger partial charge in [-0.1, -0.05) is 13.8 Å². The number of amides is 1. The summed E-state index contributed by atoms with van der Waals surface area (Å²) in [7, 11) is 0. The van der Waals surface area contributed by atoms with E-state index >= 15 is 0 Å². The molecule has 17 heavy (non-hydrogen) atoms. The highest BCUT2D eigenvalue weighted by atomic mass is 16.1. The lowest BCUT2D eigenvalue weighted by atomic mass is 10.1. The first-order valence-corrected chi connectivity index (χ1v) is 6.13. The Hall–Kier alpha value is -1.36. The Morgan fingerprint density at radius 3 is 2.88 bits per heavy atom. The standard InChI is InChI=1S/C12H22N4O/c1-11(2)4-6-14-12(17)10-13-7-9-16-8-3-5-15-16/h3,5,8,11,13H,4,6-7,9-10H2,1-2H3,(H,14,17). The van der Waals surface area contributed by atoms with Crippen LogP contribution in [0.15, 0.2) is 18.5 Å². The average Bonchev–Trinajstić information content (AvgIpc) is 2.76. The summed E-state index contributed by atoms with van der Waals surface area (Å²) in [6.45, 7) is 6.96. The second-order valence-electron chi connectivity index (χ2n) is 4.48. The van der Waals surface area contributed by atoms with Crippen molar-refractivity contribution in [3.63, 3.8) is 0 Å². The summed E-state index contributed by atoms with van der Waals surface area (Å²) in [5, 5.41) is 10.1. The molecule has 0 aliphatic carbocycles. The third-order valence-electron chi connectivity index (χ3n) is 2.41. The molecule has 0 saturated heterocycles. The Kier molecular flexibility index (Phi) is 6.32. The minimum atomic E-state index is 0.0612. The normalized spacial score (nSPS) is 10.8. The zero-order valence-electron chi connectivity index (χ0n) is 10.6. The molecule has 0 aliphatic rings. The molecule has 1 rings (SSSR count). The highest BCUT2D eigenvalue weighted by Crippen LogP contribution is 1.95. The topological polar surface area (TPSA) is 59.0 Å². The van der Waals surface area contributed by atoms with Crippen LogP contribution in [0, 0.1) is 5.92 Å². The van der Waals surface area contributed by atoms with E-state index in [1.165, 1.54) is 0 Å². The lowest BCUT2D eigenvalue weighted by Crippen LogP contribution is -2.35. The minimum Gasteiger partial charge on any atom is -0.355 e. The van der Waals surface area contributed by atoms with E-state index in [9.17, 15) is 4.79 Å². The van der Waals surface area contributed by atoms with Gasteiger partial charge in [-0.05, 0) is 18.4 Å². The minimum absolute atomic E-state index is 0.0612. The quantitative estimate of drug-likeness (QED) is 0.653. The molecule has 96 valence electrons. The van der Waals surface area contributed by atoms with Gasteiger partial charge in [-0.3, -0.25) is 9.48 Å². The van der Waals surface area contributed by atoms with Crippen LogP contribution >= 0.6 is 0 Å². The van der Waals surface area contributed by atoms with Crippen molar-refractivity contribution in [2.24, 2.45) is 5.92 Å². The van der Waals surface area contributed by atoms with Gasteiger partial charge in [0.1, 0.15) is 0 Å². The maximum absolute atomic E-state index is 11.4. The number of carbonyl (C=O) groups excluding carboxylic acids is 1. The number of aromatic nitrogens is 2. The lowest BCUT2D eigenvalue weighted by molar-refractivity contribution is -0.120. The molecule has 1 aromatic heterocycles. The van der Waals surface area contributed by atoms with Crippen molar-refractivity contribution in [2.45, 2.75) is 26.8 Å². The summed E-state index contributed by atoms with van der Waals surface area (Å²) in [4.78, 5) is 11.4. The van der Waals surface area contributed by atoms with Crippen molar-refractivity contribution in [3.8, 4) is 0 Å². The smallest absolute Gasteiger partial charge is 0.233 e. The van der Waals surface area contributed by atoms with Gasteiger partial charge in [0.25, 0.3) is 0 Å². The van der Waals surface area contributed by atoms with Crippen LogP contribution in [-0.2, 0) is 11.3 Å². The van der Waals surface area contributed by atoms with Crippen molar-refractivity contribution in [1.82, 2.24) is 20.4 Å². The molecule has 1 heterocycles. The number of nitrogens with one attached hydrogen (secondary N) is 2. The third-order valence-corrected chi connectivity index (χ3v) is 2.41. The Labute approximate surface area is 103 Å². The Balaban J connectivity index is 1.97. The molecule has 1 amide bonds. The second kappa shape index (κ2) is 7.84. The maximum Gasteiger partial charge on any atom is 0.233 e. The molecule has 1 aromatic rings. The molecule has 0 unspecified atom stereocenters. The van der Waals surface area contributed by atoms with Crippen LogP contribution in [0.2, 0.25) is 0 Å². The van der Waals surface area contributed by atoms with Gasteiger partial charge < -0.3 is 10.6 Å². The van der Waals surface area contributed by atoms with E-state index < -0.39 is 0 Å². The number of hydrogen-bond acceptors (Lipinski definition) is 3. The Bertz CT molecular complexity index is 308. The van der Waals surface area contributed by atoms with Crippen molar-refractivity contribution < 1.29 is 4.79 Å². The molecular formula is C12H22N4O. The van der Waals surface area contributed by atoms with Crippen LogP contribution in [0.4, 0.5) is 0 Å². The van der Waals surface area contributed by atoms with E-state index in [4.69, 9.17) is 0 Å². The number of hydrogen-bond donors (Lipinski definition) is 2. The van der Waals surface area contributed by atoms with Gasteiger partial charge in [0.15, 0.2) is 0 Å². The molecule has 0 fully saturated rings. The van der Waals surface area contributed by atoms with E-state index in [1.807, 2.05) is 16.9 Å². The lowest BCUT2D eigenvalue weighted by Gasteiger charge is -2.08. The number of nitrogens with zero attached hydrogens (tertiary/aromatic N) is 2. The van der Waals surface area contributed by atoms with E-state index in [-0.39, 0.29) is 5.91 Å². The molecule has 0 saturated carbocycles. The molecule has 0 aromatic carbocycles. The van der Waals surface area contributed by atoms with E-state index in [1.54, 1.807) is 6.20 Å².